The number of ether oxygens (including phenoxy) is 2. The lowest BCUT2D eigenvalue weighted by molar-refractivity contribution is 0.0962. The molecule has 0 saturated heterocycles. The quantitative estimate of drug-likeness (QED) is 0.434. The Balaban J connectivity index is 1.38. The fourth-order valence-electron chi connectivity index (χ4n) is 3.90. The monoisotopic (exact) mass is 492 g/mol. The van der Waals surface area contributed by atoms with Crippen LogP contribution in [0.1, 0.15) is 29.8 Å². The topological polar surface area (TPSA) is 101 Å². The Hall–Kier alpha value is -4.34. The minimum absolute atomic E-state index is 0.0332. The molecule has 4 rings (SSSR count). The number of amides is 1. The van der Waals surface area contributed by atoms with Gasteiger partial charge in [0.2, 0.25) is 5.95 Å². The Kier molecular flexibility index (Phi) is 7.53. The number of carbonyl (C=O) groups excluding carboxylic acids is 1. The second kappa shape index (κ2) is 10.9. The van der Waals surface area contributed by atoms with E-state index in [1.807, 2.05) is 24.3 Å². The third-order valence-electron chi connectivity index (χ3n) is 5.60. The number of hydrogen-bond acceptors (Lipinski definition) is 8. The van der Waals surface area contributed by atoms with Crippen LogP contribution < -0.4 is 30.3 Å². The number of halogens is 1. The molecule has 0 fully saturated rings. The van der Waals surface area contributed by atoms with Crippen molar-refractivity contribution in [3.8, 4) is 11.5 Å². The molecule has 0 radical (unpaired) electrons. The maximum atomic E-state index is 14.6. The molecule has 3 N–H and O–H groups in total. The van der Waals surface area contributed by atoms with Gasteiger partial charge < -0.3 is 30.3 Å². The largest absolute Gasteiger partial charge is 0.494 e. The highest BCUT2D eigenvalue weighted by Gasteiger charge is 2.16. The molecule has 9 nitrogen and oxygen atoms in total. The van der Waals surface area contributed by atoms with Gasteiger partial charge in [-0.2, -0.15) is 0 Å². The number of methoxy groups -OCH3 is 1. The first-order valence-corrected chi connectivity index (χ1v) is 11.5. The molecule has 3 aromatic rings. The van der Waals surface area contributed by atoms with Gasteiger partial charge in [-0.3, -0.25) is 4.79 Å². The summed E-state index contributed by atoms with van der Waals surface area (Å²) in [6.45, 7) is 4.97. The predicted molar refractivity (Wildman–Crippen MR) is 136 cm³/mol. The Labute approximate surface area is 209 Å². The molecule has 0 bridgehead atoms. The molecule has 0 spiro atoms. The number of rotatable bonds is 8. The summed E-state index contributed by atoms with van der Waals surface area (Å²) < 4.78 is 25.3. The van der Waals surface area contributed by atoms with Crippen LogP contribution in [0.25, 0.3) is 0 Å². The lowest BCUT2D eigenvalue weighted by Crippen LogP contribution is -2.41. The van der Waals surface area contributed by atoms with Crippen LogP contribution in [0, 0.1) is 5.82 Å². The highest BCUT2D eigenvalue weighted by Crippen LogP contribution is 2.25. The summed E-state index contributed by atoms with van der Waals surface area (Å²) in [6, 6.07) is 11.2. The standard InChI is InChI=1S/C26H29FN6O3/c1-16-13-33(14-17(2)31-16)21-7-5-20(6-8-21)32-26-29-11-22(12-30-26)36-15-19-9-18(25(34)28-3)10-23(35-4)24(19)27/h5-13,17,31H,14-15H2,1-4H3,(H,28,34)(H,29,30,32)/t17-/m0/s1. The van der Waals surface area contributed by atoms with Gasteiger partial charge in [-0.1, -0.05) is 0 Å². The molecule has 36 heavy (non-hydrogen) atoms. The van der Waals surface area contributed by atoms with Gasteiger partial charge in [-0.25, -0.2) is 14.4 Å². The van der Waals surface area contributed by atoms with Gasteiger partial charge in [-0.05, 0) is 50.2 Å². The van der Waals surface area contributed by atoms with Crippen molar-refractivity contribution in [1.29, 1.82) is 0 Å². The zero-order chi connectivity index (χ0) is 25.7. The van der Waals surface area contributed by atoms with E-state index in [2.05, 4.69) is 50.9 Å². The van der Waals surface area contributed by atoms with Gasteiger partial charge in [0.05, 0.1) is 19.5 Å². The maximum absolute atomic E-state index is 14.6. The summed E-state index contributed by atoms with van der Waals surface area (Å²) in [5, 5.41) is 9.07. The first-order chi connectivity index (χ1) is 17.4. The highest BCUT2D eigenvalue weighted by atomic mass is 19.1. The molecule has 2 heterocycles. The second-order valence-corrected chi connectivity index (χ2v) is 8.44. The zero-order valence-electron chi connectivity index (χ0n) is 20.6. The number of allylic oxidation sites excluding steroid dienone is 1. The second-order valence-electron chi connectivity index (χ2n) is 8.44. The van der Waals surface area contributed by atoms with E-state index in [-0.39, 0.29) is 29.4 Å². The van der Waals surface area contributed by atoms with Gasteiger partial charge in [0.25, 0.3) is 5.91 Å². The fraction of sp³-hybridized carbons (Fsp3) is 0.269. The lowest BCUT2D eigenvalue weighted by Gasteiger charge is -2.31. The molecule has 0 saturated carbocycles. The third-order valence-corrected chi connectivity index (χ3v) is 5.60. The minimum atomic E-state index is -0.589. The number of aromatic nitrogens is 2. The van der Waals surface area contributed by atoms with Crippen LogP contribution in [-0.2, 0) is 6.61 Å². The van der Waals surface area contributed by atoms with E-state index in [0.717, 1.165) is 23.6 Å². The van der Waals surface area contributed by atoms with E-state index in [1.54, 1.807) is 0 Å². The number of nitrogens with one attached hydrogen (secondary N) is 3. The van der Waals surface area contributed by atoms with Crippen molar-refractivity contribution in [3.05, 3.63) is 77.6 Å². The smallest absolute Gasteiger partial charge is 0.251 e. The van der Waals surface area contributed by atoms with Crippen LogP contribution in [-0.4, -0.2) is 42.6 Å². The van der Waals surface area contributed by atoms with Crippen LogP contribution >= 0.6 is 0 Å². The minimum Gasteiger partial charge on any atom is -0.494 e. The molecule has 10 heteroatoms. The summed E-state index contributed by atoms with van der Waals surface area (Å²) >= 11 is 0. The van der Waals surface area contributed by atoms with E-state index in [9.17, 15) is 9.18 Å². The van der Waals surface area contributed by atoms with Crippen LogP contribution in [0.4, 0.5) is 21.7 Å². The molecule has 1 aromatic heterocycles. The number of nitrogens with zero attached hydrogens (tertiary/aromatic N) is 3. The van der Waals surface area contributed by atoms with Crippen LogP contribution in [0.5, 0.6) is 11.5 Å². The molecule has 0 unspecified atom stereocenters. The highest BCUT2D eigenvalue weighted by molar-refractivity contribution is 5.94. The molecule has 1 aliphatic rings. The maximum Gasteiger partial charge on any atom is 0.251 e. The average molecular weight is 493 g/mol. The Morgan fingerprint density at radius 3 is 2.58 bits per heavy atom. The van der Waals surface area contributed by atoms with Crippen molar-refractivity contribution in [2.24, 2.45) is 0 Å². The number of carbonyl (C=O) groups is 1. The lowest BCUT2D eigenvalue weighted by atomic mass is 10.1. The summed E-state index contributed by atoms with van der Waals surface area (Å²) in [5.74, 6) is -0.219. The van der Waals surface area contributed by atoms with Gasteiger partial charge in [0.15, 0.2) is 17.3 Å². The van der Waals surface area contributed by atoms with Gasteiger partial charge >= 0.3 is 0 Å². The van der Waals surface area contributed by atoms with Crippen molar-refractivity contribution in [2.45, 2.75) is 26.5 Å². The summed E-state index contributed by atoms with van der Waals surface area (Å²) in [4.78, 5) is 22.7. The van der Waals surface area contributed by atoms with E-state index in [0.29, 0.717) is 17.7 Å². The van der Waals surface area contributed by atoms with Crippen LogP contribution in [0.2, 0.25) is 0 Å². The summed E-state index contributed by atoms with van der Waals surface area (Å²) in [7, 11) is 2.84. The van der Waals surface area contributed by atoms with E-state index >= 15 is 0 Å². The third kappa shape index (κ3) is 5.83. The first-order valence-electron chi connectivity index (χ1n) is 11.5. The van der Waals surface area contributed by atoms with Crippen molar-refractivity contribution in [2.75, 3.05) is 30.9 Å². The Morgan fingerprint density at radius 2 is 1.94 bits per heavy atom. The number of benzene rings is 2. The predicted octanol–water partition coefficient (Wildman–Crippen LogP) is 3.97. The van der Waals surface area contributed by atoms with Crippen LogP contribution in [0.3, 0.4) is 0 Å². The van der Waals surface area contributed by atoms with Crippen LogP contribution in [0.15, 0.2) is 60.7 Å². The number of hydrogen-bond donors (Lipinski definition) is 3. The zero-order valence-corrected chi connectivity index (χ0v) is 20.6. The summed E-state index contributed by atoms with van der Waals surface area (Å²) in [5.41, 5.74) is 3.53. The van der Waals surface area contributed by atoms with E-state index in [1.165, 1.54) is 38.7 Å². The van der Waals surface area contributed by atoms with E-state index in [4.69, 9.17) is 9.47 Å². The molecular formula is C26H29FN6O3. The van der Waals surface area contributed by atoms with Gasteiger partial charge in [0, 0.05) is 54.0 Å². The number of anilines is 3. The first kappa shape index (κ1) is 24.8. The molecule has 1 atom stereocenters. The van der Waals surface area contributed by atoms with E-state index < -0.39 is 5.82 Å². The normalized spacial score (nSPS) is 15.0. The molecule has 188 valence electrons. The Bertz CT molecular complexity index is 1250. The average Bonchev–Trinajstić information content (AvgIpc) is 2.88. The molecular weight excluding hydrogens is 463 g/mol. The van der Waals surface area contributed by atoms with Crippen molar-refractivity contribution < 1.29 is 18.7 Å². The van der Waals surface area contributed by atoms with Gasteiger partial charge in [0.1, 0.15) is 6.61 Å². The molecule has 1 amide bonds. The molecule has 0 aliphatic carbocycles. The van der Waals surface area contributed by atoms with Crippen molar-refractivity contribution in [1.82, 2.24) is 20.6 Å². The summed E-state index contributed by atoms with van der Waals surface area (Å²) in [6.07, 6.45) is 5.09. The Morgan fingerprint density at radius 1 is 1.22 bits per heavy atom. The van der Waals surface area contributed by atoms with Crippen molar-refractivity contribution >= 4 is 23.2 Å². The SMILES string of the molecule is CNC(=O)c1cc(COc2cnc(Nc3ccc(N4C=C(C)N[C@@H](C)C4)cc3)nc2)c(F)c(OC)c1. The molecule has 2 aromatic carbocycles. The van der Waals surface area contributed by atoms with Gasteiger partial charge in [-0.15, -0.1) is 0 Å². The molecule has 1 aliphatic heterocycles. The fourth-order valence-corrected chi connectivity index (χ4v) is 3.90. The van der Waals surface area contributed by atoms with Crippen molar-refractivity contribution in [3.63, 3.8) is 0 Å².